The highest BCUT2D eigenvalue weighted by Gasteiger charge is 2.36. The Bertz CT molecular complexity index is 632. The van der Waals surface area contributed by atoms with Crippen molar-refractivity contribution in [3.05, 3.63) is 35.9 Å². The van der Waals surface area contributed by atoms with Crippen LogP contribution in [-0.4, -0.2) is 59.7 Å². The van der Waals surface area contributed by atoms with Crippen LogP contribution in [0.3, 0.4) is 0 Å². The zero-order valence-electron chi connectivity index (χ0n) is 13.9. The molecular formula is C18H23N3O3. The molecule has 1 N–H and O–H groups in total. The lowest BCUT2D eigenvalue weighted by molar-refractivity contribution is -0.138. The van der Waals surface area contributed by atoms with E-state index in [1.807, 2.05) is 30.3 Å². The highest BCUT2D eigenvalue weighted by Crippen LogP contribution is 2.20. The van der Waals surface area contributed by atoms with Gasteiger partial charge in [-0.1, -0.05) is 30.3 Å². The molecule has 0 aromatic heterocycles. The van der Waals surface area contributed by atoms with Crippen molar-refractivity contribution >= 4 is 17.7 Å². The Morgan fingerprint density at radius 2 is 2.00 bits per heavy atom. The van der Waals surface area contributed by atoms with Crippen LogP contribution >= 0.6 is 0 Å². The van der Waals surface area contributed by atoms with Gasteiger partial charge in [0, 0.05) is 26.6 Å². The molecule has 0 aliphatic carbocycles. The summed E-state index contributed by atoms with van der Waals surface area (Å²) in [6.45, 7) is 1.16. The molecule has 6 heteroatoms. The van der Waals surface area contributed by atoms with Crippen molar-refractivity contribution in [2.24, 2.45) is 0 Å². The van der Waals surface area contributed by atoms with Crippen LogP contribution < -0.4 is 5.32 Å². The van der Waals surface area contributed by atoms with E-state index in [9.17, 15) is 14.4 Å². The summed E-state index contributed by atoms with van der Waals surface area (Å²) in [5, 5.41) is 2.94. The molecule has 1 aromatic carbocycles. The van der Waals surface area contributed by atoms with Gasteiger partial charge in [0.1, 0.15) is 6.04 Å². The third-order valence-corrected chi connectivity index (χ3v) is 4.76. The second kappa shape index (κ2) is 7.03. The molecule has 0 saturated carbocycles. The molecule has 0 unspecified atom stereocenters. The maximum atomic E-state index is 12.6. The molecule has 6 nitrogen and oxygen atoms in total. The number of hydrogen-bond donors (Lipinski definition) is 1. The maximum Gasteiger partial charge on any atom is 0.243 e. The average Bonchev–Trinajstić information content (AvgIpc) is 3.16. The Hall–Kier alpha value is -2.37. The van der Waals surface area contributed by atoms with Crippen LogP contribution in [0.5, 0.6) is 0 Å². The van der Waals surface area contributed by atoms with Gasteiger partial charge in [0.25, 0.3) is 0 Å². The van der Waals surface area contributed by atoms with Crippen molar-refractivity contribution in [3.8, 4) is 0 Å². The molecule has 3 amide bonds. The molecule has 0 spiro atoms. The lowest BCUT2D eigenvalue weighted by Gasteiger charge is -2.25. The number of rotatable bonds is 4. The monoisotopic (exact) mass is 329 g/mol. The second-order valence-corrected chi connectivity index (χ2v) is 6.59. The fourth-order valence-electron chi connectivity index (χ4n) is 3.47. The van der Waals surface area contributed by atoms with Crippen LogP contribution in [0.2, 0.25) is 0 Å². The van der Waals surface area contributed by atoms with Crippen molar-refractivity contribution in [2.45, 2.75) is 37.8 Å². The molecule has 2 heterocycles. The predicted molar refractivity (Wildman–Crippen MR) is 89.1 cm³/mol. The first kappa shape index (κ1) is 16.5. The molecule has 0 bridgehead atoms. The fraction of sp³-hybridized carbons (Fsp3) is 0.500. The second-order valence-electron chi connectivity index (χ2n) is 6.59. The van der Waals surface area contributed by atoms with Gasteiger partial charge in [0.2, 0.25) is 17.7 Å². The van der Waals surface area contributed by atoms with Gasteiger partial charge in [0.05, 0.1) is 12.5 Å². The summed E-state index contributed by atoms with van der Waals surface area (Å²) < 4.78 is 0. The van der Waals surface area contributed by atoms with Crippen LogP contribution in [0.25, 0.3) is 0 Å². The van der Waals surface area contributed by atoms with Crippen LogP contribution in [0.1, 0.15) is 24.8 Å². The number of nitrogens with one attached hydrogen (secondary N) is 1. The van der Waals surface area contributed by atoms with E-state index in [1.165, 1.54) is 0 Å². The molecule has 1 aromatic rings. The van der Waals surface area contributed by atoms with E-state index in [0.29, 0.717) is 32.4 Å². The summed E-state index contributed by atoms with van der Waals surface area (Å²) >= 11 is 0. The first-order valence-corrected chi connectivity index (χ1v) is 8.42. The van der Waals surface area contributed by atoms with Crippen molar-refractivity contribution in [1.82, 2.24) is 15.1 Å². The third-order valence-electron chi connectivity index (χ3n) is 4.76. The molecule has 128 valence electrons. The zero-order chi connectivity index (χ0) is 17.1. The van der Waals surface area contributed by atoms with Crippen LogP contribution in [0.15, 0.2) is 30.3 Å². The van der Waals surface area contributed by atoms with Gasteiger partial charge in [0.15, 0.2) is 0 Å². The van der Waals surface area contributed by atoms with E-state index in [1.54, 1.807) is 16.8 Å². The molecule has 2 aliphatic rings. The van der Waals surface area contributed by atoms with Crippen molar-refractivity contribution < 1.29 is 14.4 Å². The third kappa shape index (κ3) is 3.58. The minimum absolute atomic E-state index is 0.0153. The minimum Gasteiger partial charge on any atom is -0.349 e. The number of amides is 3. The van der Waals surface area contributed by atoms with Crippen molar-refractivity contribution in [2.75, 3.05) is 20.1 Å². The highest BCUT2D eigenvalue weighted by molar-refractivity contribution is 5.90. The van der Waals surface area contributed by atoms with Crippen molar-refractivity contribution in [3.63, 3.8) is 0 Å². The molecule has 0 radical (unpaired) electrons. The fourth-order valence-corrected chi connectivity index (χ4v) is 3.47. The quantitative estimate of drug-likeness (QED) is 0.878. The number of carbonyl (C=O) groups is 3. The summed E-state index contributed by atoms with van der Waals surface area (Å²) in [6, 6.07) is 9.00. The first-order valence-electron chi connectivity index (χ1n) is 8.42. The molecule has 3 rings (SSSR count). The van der Waals surface area contributed by atoms with Gasteiger partial charge >= 0.3 is 0 Å². The van der Waals surface area contributed by atoms with E-state index < -0.39 is 6.04 Å². The van der Waals surface area contributed by atoms with Crippen LogP contribution in [0.4, 0.5) is 0 Å². The molecule has 2 saturated heterocycles. The Labute approximate surface area is 141 Å². The van der Waals surface area contributed by atoms with Crippen molar-refractivity contribution in [1.29, 1.82) is 0 Å². The number of hydrogen-bond acceptors (Lipinski definition) is 3. The SMILES string of the molecule is CN1C[C@@H](NC(=O)[C@H]2CCCN2C(=O)Cc2ccccc2)CC1=O. The molecule has 24 heavy (non-hydrogen) atoms. The van der Waals surface area contributed by atoms with Gasteiger partial charge < -0.3 is 15.1 Å². The van der Waals surface area contributed by atoms with Gasteiger partial charge in [-0.15, -0.1) is 0 Å². The number of likely N-dealkylation sites (N-methyl/N-ethyl adjacent to an activating group) is 1. The molecular weight excluding hydrogens is 306 g/mol. The normalized spacial score (nSPS) is 23.6. The summed E-state index contributed by atoms with van der Waals surface area (Å²) in [5.41, 5.74) is 0.955. The van der Waals surface area contributed by atoms with Gasteiger partial charge in [-0.25, -0.2) is 0 Å². The lowest BCUT2D eigenvalue weighted by atomic mass is 10.1. The summed E-state index contributed by atoms with van der Waals surface area (Å²) in [4.78, 5) is 40.0. The van der Waals surface area contributed by atoms with Gasteiger partial charge in [-0.3, -0.25) is 14.4 Å². The molecule has 2 atom stereocenters. The molecule has 2 aliphatic heterocycles. The Balaban J connectivity index is 1.59. The number of nitrogens with zero attached hydrogens (tertiary/aromatic N) is 2. The Morgan fingerprint density at radius 3 is 2.67 bits per heavy atom. The first-order chi connectivity index (χ1) is 11.5. The topological polar surface area (TPSA) is 69.7 Å². The number of likely N-dealkylation sites (tertiary alicyclic amines) is 2. The van der Waals surface area contributed by atoms with E-state index in [-0.39, 0.29) is 23.8 Å². The average molecular weight is 329 g/mol. The van der Waals surface area contributed by atoms with E-state index in [4.69, 9.17) is 0 Å². The lowest BCUT2D eigenvalue weighted by Crippen LogP contribution is -2.49. The number of carbonyl (C=O) groups excluding carboxylic acids is 3. The Kier molecular flexibility index (Phi) is 4.83. The zero-order valence-corrected chi connectivity index (χ0v) is 13.9. The predicted octanol–water partition coefficient (Wildman–Crippen LogP) is 0.567. The number of benzene rings is 1. The van der Waals surface area contributed by atoms with Gasteiger partial charge in [-0.2, -0.15) is 0 Å². The summed E-state index contributed by atoms with van der Waals surface area (Å²) in [5.74, 6) is -0.107. The van der Waals surface area contributed by atoms with E-state index >= 15 is 0 Å². The van der Waals surface area contributed by atoms with Crippen LogP contribution in [0, 0.1) is 0 Å². The van der Waals surface area contributed by atoms with Gasteiger partial charge in [-0.05, 0) is 18.4 Å². The molecule has 2 fully saturated rings. The van der Waals surface area contributed by atoms with E-state index in [0.717, 1.165) is 12.0 Å². The smallest absolute Gasteiger partial charge is 0.243 e. The largest absolute Gasteiger partial charge is 0.349 e. The summed E-state index contributed by atoms with van der Waals surface area (Å²) in [6.07, 6.45) is 2.17. The maximum absolute atomic E-state index is 12.6. The van der Waals surface area contributed by atoms with E-state index in [2.05, 4.69) is 5.32 Å². The highest BCUT2D eigenvalue weighted by atomic mass is 16.2. The Morgan fingerprint density at radius 1 is 1.25 bits per heavy atom. The minimum atomic E-state index is -0.415. The standard InChI is InChI=1S/C18H23N3O3/c1-20-12-14(11-16(20)22)19-18(24)15-8-5-9-21(15)17(23)10-13-6-3-2-4-7-13/h2-4,6-7,14-15H,5,8-12H2,1H3,(H,19,24)/t14-,15+/m0/s1. The summed E-state index contributed by atoms with van der Waals surface area (Å²) in [7, 11) is 1.74. The van der Waals surface area contributed by atoms with Crippen LogP contribution in [-0.2, 0) is 20.8 Å².